The summed E-state index contributed by atoms with van der Waals surface area (Å²) in [6, 6.07) is 48.3. The van der Waals surface area contributed by atoms with Crippen molar-refractivity contribution < 1.29 is 4.42 Å². The minimum atomic E-state index is -0.0214. The lowest BCUT2D eigenvalue weighted by molar-refractivity contribution is 0.669. The first-order valence-corrected chi connectivity index (χ1v) is 16.9. The van der Waals surface area contributed by atoms with Crippen LogP contribution in [0.4, 0.5) is 0 Å². The summed E-state index contributed by atoms with van der Waals surface area (Å²) in [6.45, 7) is 0. The van der Waals surface area contributed by atoms with Gasteiger partial charge in [-0.15, -0.1) is 11.3 Å². The fourth-order valence-corrected chi connectivity index (χ4v) is 8.04. The van der Waals surface area contributed by atoms with E-state index in [1.807, 2.05) is 36.4 Å². The van der Waals surface area contributed by atoms with Crippen molar-refractivity contribution >= 4 is 43.5 Å². The third-order valence-electron chi connectivity index (χ3n) is 9.33. The Morgan fingerprint density at radius 3 is 2.12 bits per heavy atom. The lowest BCUT2D eigenvalue weighted by Crippen LogP contribution is -2.16. The van der Waals surface area contributed by atoms with E-state index in [1.54, 1.807) is 11.3 Å². The summed E-state index contributed by atoms with van der Waals surface area (Å²) >= 11 is 1.70. The standard InChI is InChI=1S/C42H26N4OS/c1-3-12-25(13-4-1)39-44-40(46-41(45-39)34-22-27-16-7-8-17-28(27)29-18-9-10-19-30(29)34)32-21-11-20-31-33-23-37-35(24-36(33)47-38(31)32)43-42(48-37)26-14-5-2-6-15-26/h1-21,23-24,34H,22H2. The Kier molecular flexibility index (Phi) is 6.11. The molecule has 6 aromatic carbocycles. The van der Waals surface area contributed by atoms with Gasteiger partial charge < -0.3 is 4.42 Å². The van der Waals surface area contributed by atoms with Gasteiger partial charge >= 0.3 is 0 Å². The highest BCUT2D eigenvalue weighted by molar-refractivity contribution is 7.21. The second-order valence-electron chi connectivity index (χ2n) is 12.2. The summed E-state index contributed by atoms with van der Waals surface area (Å²) in [5.41, 5.74) is 10.4. The molecule has 3 heterocycles. The Hall–Kier alpha value is -5.98. The topological polar surface area (TPSA) is 64.7 Å². The average molecular weight is 635 g/mol. The second-order valence-corrected chi connectivity index (χ2v) is 13.2. The number of rotatable bonds is 4. The van der Waals surface area contributed by atoms with Gasteiger partial charge in [0.15, 0.2) is 11.6 Å². The summed E-state index contributed by atoms with van der Waals surface area (Å²) in [4.78, 5) is 20.4. The Balaban J connectivity index is 1.16. The maximum atomic E-state index is 6.66. The molecule has 1 unspecified atom stereocenters. The van der Waals surface area contributed by atoms with Crippen molar-refractivity contribution in [2.75, 3.05) is 0 Å². The highest BCUT2D eigenvalue weighted by atomic mass is 32.1. The Bertz CT molecular complexity index is 2660. The second kappa shape index (κ2) is 10.8. The van der Waals surface area contributed by atoms with E-state index in [4.69, 9.17) is 24.4 Å². The van der Waals surface area contributed by atoms with E-state index in [2.05, 4.69) is 103 Å². The van der Waals surface area contributed by atoms with Crippen molar-refractivity contribution in [1.82, 2.24) is 19.9 Å². The van der Waals surface area contributed by atoms with E-state index in [0.29, 0.717) is 11.6 Å². The van der Waals surface area contributed by atoms with Crippen LogP contribution in [-0.2, 0) is 6.42 Å². The number of para-hydroxylation sites is 1. The average Bonchev–Trinajstić information content (AvgIpc) is 3.74. The minimum Gasteiger partial charge on any atom is -0.455 e. The molecular weight excluding hydrogens is 609 g/mol. The molecule has 1 aliphatic rings. The summed E-state index contributed by atoms with van der Waals surface area (Å²) in [7, 11) is 0. The smallest absolute Gasteiger partial charge is 0.167 e. The van der Waals surface area contributed by atoms with Crippen molar-refractivity contribution in [2.24, 2.45) is 0 Å². The molecule has 226 valence electrons. The predicted molar refractivity (Wildman–Crippen MR) is 194 cm³/mol. The molecule has 0 radical (unpaired) electrons. The van der Waals surface area contributed by atoms with E-state index in [0.717, 1.165) is 66.1 Å². The molecule has 0 N–H and O–H groups in total. The van der Waals surface area contributed by atoms with Gasteiger partial charge in [0.05, 0.1) is 15.8 Å². The van der Waals surface area contributed by atoms with E-state index in [1.165, 1.54) is 22.3 Å². The molecule has 1 atom stereocenters. The van der Waals surface area contributed by atoms with Crippen molar-refractivity contribution in [3.8, 4) is 44.5 Å². The zero-order chi connectivity index (χ0) is 31.6. The summed E-state index contributed by atoms with van der Waals surface area (Å²) < 4.78 is 7.78. The normalized spacial score (nSPS) is 14.0. The number of hydrogen-bond acceptors (Lipinski definition) is 6. The summed E-state index contributed by atoms with van der Waals surface area (Å²) in [6.07, 6.45) is 0.814. The quantitative estimate of drug-likeness (QED) is 0.193. The van der Waals surface area contributed by atoms with Crippen molar-refractivity contribution in [3.63, 3.8) is 0 Å². The number of benzene rings is 6. The van der Waals surface area contributed by atoms with Crippen molar-refractivity contribution in [1.29, 1.82) is 0 Å². The van der Waals surface area contributed by atoms with E-state index >= 15 is 0 Å². The van der Waals surface area contributed by atoms with Gasteiger partial charge in [0.2, 0.25) is 0 Å². The van der Waals surface area contributed by atoms with Gasteiger partial charge in [-0.3, -0.25) is 0 Å². The van der Waals surface area contributed by atoms with Crippen LogP contribution in [0, 0.1) is 0 Å². The van der Waals surface area contributed by atoms with Crippen LogP contribution in [0.5, 0.6) is 0 Å². The van der Waals surface area contributed by atoms with Crippen LogP contribution in [-0.4, -0.2) is 19.9 Å². The third kappa shape index (κ3) is 4.37. The first-order chi connectivity index (χ1) is 23.8. The van der Waals surface area contributed by atoms with Crippen LogP contribution in [0.1, 0.15) is 22.9 Å². The first-order valence-electron chi connectivity index (χ1n) is 16.1. The number of thiazole rings is 1. The van der Waals surface area contributed by atoms with Gasteiger partial charge in [-0.1, -0.05) is 121 Å². The van der Waals surface area contributed by atoms with Crippen LogP contribution in [0.15, 0.2) is 144 Å². The Labute approximate surface area is 280 Å². The lowest BCUT2D eigenvalue weighted by Gasteiger charge is -2.27. The maximum Gasteiger partial charge on any atom is 0.167 e. The molecule has 0 aliphatic heterocycles. The van der Waals surface area contributed by atoms with Crippen LogP contribution in [0.2, 0.25) is 0 Å². The van der Waals surface area contributed by atoms with E-state index < -0.39 is 0 Å². The molecule has 5 nitrogen and oxygen atoms in total. The molecule has 1 aliphatic carbocycles. The number of aromatic nitrogens is 4. The summed E-state index contributed by atoms with van der Waals surface area (Å²) in [5.74, 6) is 1.99. The van der Waals surface area contributed by atoms with Gasteiger partial charge in [0.25, 0.3) is 0 Å². The molecular formula is C42H26N4OS. The lowest BCUT2D eigenvalue weighted by atomic mass is 9.78. The molecule has 0 fully saturated rings. The van der Waals surface area contributed by atoms with Gasteiger partial charge in [0.1, 0.15) is 22.0 Å². The van der Waals surface area contributed by atoms with Crippen LogP contribution in [0.3, 0.4) is 0 Å². The monoisotopic (exact) mass is 634 g/mol. The van der Waals surface area contributed by atoms with Crippen molar-refractivity contribution in [2.45, 2.75) is 12.3 Å². The fraction of sp³-hybridized carbons (Fsp3) is 0.0476. The third-order valence-corrected chi connectivity index (χ3v) is 10.4. The molecule has 0 amide bonds. The zero-order valence-electron chi connectivity index (χ0n) is 25.7. The van der Waals surface area contributed by atoms with Crippen LogP contribution >= 0.6 is 11.3 Å². The van der Waals surface area contributed by atoms with E-state index in [9.17, 15) is 0 Å². The number of fused-ring (bicyclic) bond motifs is 7. The molecule has 48 heavy (non-hydrogen) atoms. The van der Waals surface area contributed by atoms with E-state index in [-0.39, 0.29) is 5.92 Å². The minimum absolute atomic E-state index is 0.0214. The van der Waals surface area contributed by atoms with Gasteiger partial charge in [-0.2, -0.15) is 0 Å². The first kappa shape index (κ1) is 27.2. The largest absolute Gasteiger partial charge is 0.455 e. The van der Waals surface area contributed by atoms with Gasteiger partial charge in [-0.05, 0) is 40.8 Å². The molecule has 0 saturated carbocycles. The molecule has 6 heteroatoms. The summed E-state index contributed by atoms with van der Waals surface area (Å²) in [5, 5.41) is 3.08. The molecule has 10 rings (SSSR count). The SMILES string of the molecule is c1ccc(-c2nc(-c3cccc4c3oc3cc5nc(-c6ccccc6)sc5cc34)nc(C3Cc4ccccc4-c4ccccc43)n2)cc1. The zero-order valence-corrected chi connectivity index (χ0v) is 26.5. The van der Waals surface area contributed by atoms with Gasteiger partial charge in [0, 0.05) is 33.9 Å². The highest BCUT2D eigenvalue weighted by Gasteiger charge is 2.29. The molecule has 0 bridgehead atoms. The maximum absolute atomic E-state index is 6.66. The number of nitrogens with zero attached hydrogens (tertiary/aromatic N) is 4. The van der Waals surface area contributed by atoms with Crippen LogP contribution in [0.25, 0.3) is 76.6 Å². The number of hydrogen-bond donors (Lipinski definition) is 0. The highest BCUT2D eigenvalue weighted by Crippen LogP contribution is 2.43. The Morgan fingerprint density at radius 1 is 0.562 bits per heavy atom. The van der Waals surface area contributed by atoms with Crippen LogP contribution < -0.4 is 0 Å². The Morgan fingerprint density at radius 2 is 1.27 bits per heavy atom. The van der Waals surface area contributed by atoms with Gasteiger partial charge in [-0.25, -0.2) is 19.9 Å². The number of furan rings is 1. The predicted octanol–water partition coefficient (Wildman–Crippen LogP) is 10.7. The molecule has 3 aromatic heterocycles. The molecule has 0 saturated heterocycles. The van der Waals surface area contributed by atoms with Crippen molar-refractivity contribution in [3.05, 3.63) is 156 Å². The fourth-order valence-electron chi connectivity index (χ4n) is 7.05. The molecule has 0 spiro atoms. The molecule has 9 aromatic rings.